The summed E-state index contributed by atoms with van der Waals surface area (Å²) in [4.78, 5) is 4.23. The Bertz CT molecular complexity index is 1230. The summed E-state index contributed by atoms with van der Waals surface area (Å²) < 4.78 is 12.3. The van der Waals surface area contributed by atoms with Gasteiger partial charge in [-0.25, -0.2) is 0 Å². The lowest BCUT2D eigenvalue weighted by atomic mass is 9.70. The lowest BCUT2D eigenvalue weighted by Gasteiger charge is -2.41. The molecule has 2 aliphatic rings. The average Bonchev–Trinajstić information content (AvgIpc) is 3.26. The first-order chi connectivity index (χ1) is 16.5. The number of aliphatic hydroxyl groups is 2. The van der Waals surface area contributed by atoms with E-state index in [0.29, 0.717) is 34.7 Å². The number of pyridine rings is 1. The molecule has 3 aromatic rings. The van der Waals surface area contributed by atoms with Crippen LogP contribution in [0.5, 0.6) is 11.5 Å². The van der Waals surface area contributed by atoms with Crippen molar-refractivity contribution < 1.29 is 19.7 Å². The fourth-order valence-electron chi connectivity index (χ4n) is 5.86. The molecule has 2 heterocycles. The molecule has 1 aromatic heterocycles. The van der Waals surface area contributed by atoms with E-state index >= 15 is 0 Å². The van der Waals surface area contributed by atoms with Gasteiger partial charge in [0.15, 0.2) is 11.2 Å². The highest BCUT2D eigenvalue weighted by molar-refractivity contribution is 5.59. The number of aromatic nitrogens is 1. The highest BCUT2D eigenvalue weighted by Gasteiger charge is 2.76. The Hall–Kier alpha value is -3.44. The number of nitrogens with zero attached hydrogens (tertiary/aromatic N) is 2. The number of nitrogens with one attached hydrogen (secondary N) is 1. The summed E-state index contributed by atoms with van der Waals surface area (Å²) in [5.74, 6) is -0.0784. The Morgan fingerprint density at radius 2 is 1.88 bits per heavy atom. The number of hydrogen-bond donors (Lipinski definition) is 3. The number of nitriles is 1. The molecule has 7 nitrogen and oxygen atoms in total. The standard InChI is InChI=1S/C27H27N3O4/c1-3-29-14-20-23(18-7-5-4-6-8-18)27(19-11-9-17(13-28)10-12-19)26(32,25(20)31)24-21(33-2)15-30-16-22(24)34-27/h4-12,15-16,20,23,25,29,31-32H,3,14H2,1-2H3/t20-,23?,25-,26+,27+/m1/s1. The van der Waals surface area contributed by atoms with E-state index in [9.17, 15) is 15.5 Å². The summed E-state index contributed by atoms with van der Waals surface area (Å²) in [5.41, 5.74) is -0.714. The third kappa shape index (κ3) is 2.90. The maximum Gasteiger partial charge on any atom is 0.177 e. The Labute approximate surface area is 198 Å². The zero-order chi connectivity index (χ0) is 23.9. The average molecular weight is 458 g/mol. The fourth-order valence-corrected chi connectivity index (χ4v) is 5.86. The summed E-state index contributed by atoms with van der Waals surface area (Å²) in [6, 6.07) is 19.0. The largest absolute Gasteiger partial charge is 0.495 e. The van der Waals surface area contributed by atoms with Gasteiger partial charge in [0, 0.05) is 18.4 Å². The van der Waals surface area contributed by atoms with Gasteiger partial charge in [0.2, 0.25) is 0 Å². The molecule has 0 saturated heterocycles. The molecular formula is C27H27N3O4. The summed E-state index contributed by atoms with van der Waals surface area (Å²) >= 11 is 0. The summed E-state index contributed by atoms with van der Waals surface area (Å²) in [6.45, 7) is 3.20. The lowest BCUT2D eigenvalue weighted by Crippen LogP contribution is -2.52. The van der Waals surface area contributed by atoms with E-state index in [-0.39, 0.29) is 5.92 Å². The van der Waals surface area contributed by atoms with Crippen molar-refractivity contribution in [2.75, 3.05) is 20.2 Å². The van der Waals surface area contributed by atoms with Gasteiger partial charge in [-0.1, -0.05) is 49.4 Å². The van der Waals surface area contributed by atoms with Crippen LogP contribution in [0.25, 0.3) is 0 Å². The van der Waals surface area contributed by atoms with Crippen molar-refractivity contribution in [3.05, 3.63) is 89.2 Å². The second kappa shape index (κ2) is 8.41. The molecule has 174 valence electrons. The molecule has 5 atom stereocenters. The van der Waals surface area contributed by atoms with Gasteiger partial charge in [-0.15, -0.1) is 0 Å². The van der Waals surface area contributed by atoms with Crippen molar-refractivity contribution in [3.63, 3.8) is 0 Å². The summed E-state index contributed by atoms with van der Waals surface area (Å²) in [6.07, 6.45) is 1.90. The van der Waals surface area contributed by atoms with E-state index in [1.165, 1.54) is 13.3 Å². The van der Waals surface area contributed by atoms with Crippen LogP contribution in [0.15, 0.2) is 67.0 Å². The van der Waals surface area contributed by atoms with Crippen molar-refractivity contribution in [2.24, 2.45) is 5.92 Å². The Balaban J connectivity index is 1.83. The van der Waals surface area contributed by atoms with Gasteiger partial charge >= 0.3 is 0 Å². The molecule has 1 saturated carbocycles. The Morgan fingerprint density at radius 1 is 1.15 bits per heavy atom. The van der Waals surface area contributed by atoms with Gasteiger partial charge in [-0.3, -0.25) is 4.98 Å². The monoisotopic (exact) mass is 457 g/mol. The molecule has 0 bridgehead atoms. The second-order valence-electron chi connectivity index (χ2n) is 8.81. The third-order valence-corrected chi connectivity index (χ3v) is 7.25. The van der Waals surface area contributed by atoms with Gasteiger partial charge in [0.1, 0.15) is 11.5 Å². The van der Waals surface area contributed by atoms with Crippen LogP contribution in [0.2, 0.25) is 0 Å². The summed E-state index contributed by atoms with van der Waals surface area (Å²) in [5, 5.41) is 37.2. The zero-order valence-corrected chi connectivity index (χ0v) is 19.1. The van der Waals surface area contributed by atoms with Crippen LogP contribution in [-0.4, -0.2) is 41.5 Å². The molecule has 0 amide bonds. The van der Waals surface area contributed by atoms with Gasteiger partial charge < -0.3 is 25.0 Å². The van der Waals surface area contributed by atoms with E-state index in [4.69, 9.17) is 9.47 Å². The van der Waals surface area contributed by atoms with Crippen LogP contribution in [0.4, 0.5) is 0 Å². The molecule has 3 N–H and O–H groups in total. The van der Waals surface area contributed by atoms with Crippen LogP contribution in [0, 0.1) is 17.2 Å². The highest BCUT2D eigenvalue weighted by Crippen LogP contribution is 2.69. The molecular weight excluding hydrogens is 430 g/mol. The van der Waals surface area contributed by atoms with E-state index in [2.05, 4.69) is 16.4 Å². The van der Waals surface area contributed by atoms with Gasteiger partial charge in [0.05, 0.1) is 42.8 Å². The molecule has 7 heteroatoms. The first-order valence-electron chi connectivity index (χ1n) is 11.4. The van der Waals surface area contributed by atoms with E-state index in [0.717, 1.165) is 12.1 Å². The number of fused-ring (bicyclic) bond motifs is 3. The smallest absolute Gasteiger partial charge is 0.177 e. The molecule has 1 unspecified atom stereocenters. The third-order valence-electron chi connectivity index (χ3n) is 7.25. The van der Waals surface area contributed by atoms with Crippen molar-refractivity contribution in [1.29, 1.82) is 5.26 Å². The first kappa shape index (κ1) is 22.4. The van der Waals surface area contributed by atoms with E-state index in [1.807, 2.05) is 37.3 Å². The maximum atomic E-state index is 12.6. The lowest BCUT2D eigenvalue weighted by molar-refractivity contribution is -0.152. The van der Waals surface area contributed by atoms with Crippen molar-refractivity contribution in [2.45, 2.75) is 30.1 Å². The predicted molar refractivity (Wildman–Crippen MR) is 125 cm³/mol. The maximum absolute atomic E-state index is 12.6. The van der Waals surface area contributed by atoms with Crippen molar-refractivity contribution >= 4 is 0 Å². The van der Waals surface area contributed by atoms with Gasteiger partial charge in [0.25, 0.3) is 0 Å². The Morgan fingerprint density at radius 3 is 2.53 bits per heavy atom. The summed E-state index contributed by atoms with van der Waals surface area (Å²) in [7, 11) is 1.51. The van der Waals surface area contributed by atoms with Crippen LogP contribution >= 0.6 is 0 Å². The topological polar surface area (TPSA) is 108 Å². The van der Waals surface area contributed by atoms with E-state index in [1.54, 1.807) is 30.5 Å². The van der Waals surface area contributed by atoms with Crippen LogP contribution < -0.4 is 14.8 Å². The van der Waals surface area contributed by atoms with Crippen LogP contribution in [0.3, 0.4) is 0 Å². The number of benzene rings is 2. The molecule has 1 aliphatic carbocycles. The number of aliphatic hydroxyl groups excluding tert-OH is 1. The van der Waals surface area contributed by atoms with Crippen LogP contribution in [0.1, 0.15) is 35.1 Å². The van der Waals surface area contributed by atoms with E-state index < -0.39 is 23.2 Å². The molecule has 0 radical (unpaired) electrons. The van der Waals surface area contributed by atoms with Crippen molar-refractivity contribution in [3.8, 4) is 17.6 Å². The highest BCUT2D eigenvalue weighted by atomic mass is 16.5. The molecule has 1 fully saturated rings. The minimum Gasteiger partial charge on any atom is -0.495 e. The van der Waals surface area contributed by atoms with Crippen LogP contribution in [-0.2, 0) is 11.2 Å². The molecule has 5 rings (SSSR count). The number of hydrogen-bond acceptors (Lipinski definition) is 7. The minimum absolute atomic E-state index is 0.352. The zero-order valence-electron chi connectivity index (χ0n) is 19.1. The molecule has 0 spiro atoms. The fraction of sp³-hybridized carbons (Fsp3) is 0.333. The predicted octanol–water partition coefficient (Wildman–Crippen LogP) is 2.82. The molecule has 2 aromatic carbocycles. The molecule has 34 heavy (non-hydrogen) atoms. The molecule has 1 aliphatic heterocycles. The van der Waals surface area contributed by atoms with Crippen molar-refractivity contribution in [1.82, 2.24) is 10.3 Å². The normalized spacial score (nSPS) is 29.1. The quantitative estimate of drug-likeness (QED) is 0.522. The second-order valence-corrected chi connectivity index (χ2v) is 8.81. The Kier molecular flexibility index (Phi) is 5.53. The van der Waals surface area contributed by atoms with Gasteiger partial charge in [-0.05, 0) is 29.8 Å². The number of rotatable bonds is 6. The van der Waals surface area contributed by atoms with Gasteiger partial charge in [-0.2, -0.15) is 5.26 Å². The SMILES string of the molecule is CCNC[C@@H]1C(c2ccccc2)[C@]2(c3ccc(C#N)cc3)Oc3cncc(OC)c3[C@]2(O)[C@@H]1O. The first-order valence-corrected chi connectivity index (χ1v) is 11.4. The number of methoxy groups -OCH3 is 1. The minimum atomic E-state index is -1.83. The number of ether oxygens (including phenoxy) is 2.